The molecule has 0 spiro atoms. The summed E-state index contributed by atoms with van der Waals surface area (Å²) in [6.45, 7) is 1.62. The first-order valence-electron chi connectivity index (χ1n) is 6.33. The molecule has 1 aliphatic heterocycles. The highest BCUT2D eigenvalue weighted by Gasteiger charge is 2.41. The van der Waals surface area contributed by atoms with E-state index >= 15 is 0 Å². The number of aliphatic hydroxyl groups is 2. The number of anilines is 1. The zero-order chi connectivity index (χ0) is 14.4. The number of aromatic nitrogens is 3. The summed E-state index contributed by atoms with van der Waals surface area (Å²) < 4.78 is 7.20. The number of nitrogens with one attached hydrogen (secondary N) is 1. The molecule has 1 aliphatic rings. The van der Waals surface area contributed by atoms with Crippen LogP contribution in [0, 0.1) is 5.92 Å². The molecule has 0 radical (unpaired) electrons. The van der Waals surface area contributed by atoms with Crippen molar-refractivity contribution in [2.45, 2.75) is 25.4 Å². The molecular formula is C12H16N4O4. The summed E-state index contributed by atoms with van der Waals surface area (Å²) in [5.74, 6) is -0.219. The van der Waals surface area contributed by atoms with Crippen LogP contribution in [0.15, 0.2) is 17.1 Å². The first kappa shape index (κ1) is 13.1. The summed E-state index contributed by atoms with van der Waals surface area (Å²) >= 11 is 0. The molecule has 0 bridgehead atoms. The van der Waals surface area contributed by atoms with Gasteiger partial charge in [-0.05, 0) is 6.07 Å². The van der Waals surface area contributed by atoms with Gasteiger partial charge in [-0.1, -0.05) is 6.92 Å². The van der Waals surface area contributed by atoms with Gasteiger partial charge in [0.15, 0.2) is 11.9 Å². The SMILES string of the molecule is C[C@@H]1[C@H](O)[C@@H](n2ccc3c(=O)[nH]c(N)nc32)O[C@H]1CO. The van der Waals surface area contributed by atoms with Crippen molar-refractivity contribution in [3.8, 4) is 0 Å². The Labute approximate surface area is 113 Å². The normalized spacial score (nSPS) is 30.1. The van der Waals surface area contributed by atoms with Gasteiger partial charge in [0, 0.05) is 12.1 Å². The summed E-state index contributed by atoms with van der Waals surface area (Å²) in [7, 11) is 0. The number of hydrogen-bond acceptors (Lipinski definition) is 6. The van der Waals surface area contributed by atoms with Crippen molar-refractivity contribution < 1.29 is 14.9 Å². The van der Waals surface area contributed by atoms with E-state index in [1.807, 2.05) is 0 Å². The molecule has 4 atom stereocenters. The zero-order valence-corrected chi connectivity index (χ0v) is 10.9. The molecule has 3 rings (SSSR count). The Balaban J connectivity index is 2.09. The van der Waals surface area contributed by atoms with Crippen LogP contribution >= 0.6 is 0 Å². The monoisotopic (exact) mass is 280 g/mol. The second kappa shape index (κ2) is 4.58. The zero-order valence-electron chi connectivity index (χ0n) is 10.9. The van der Waals surface area contributed by atoms with Crippen molar-refractivity contribution in [1.82, 2.24) is 14.5 Å². The van der Waals surface area contributed by atoms with Crippen molar-refractivity contribution in [3.05, 3.63) is 22.6 Å². The Kier molecular flexibility index (Phi) is 3.00. The number of nitrogens with two attached hydrogens (primary N) is 1. The third-order valence-electron chi connectivity index (χ3n) is 3.79. The molecule has 2 aromatic rings. The summed E-state index contributed by atoms with van der Waals surface area (Å²) in [6, 6.07) is 1.59. The van der Waals surface area contributed by atoms with Crippen molar-refractivity contribution in [2.75, 3.05) is 12.3 Å². The molecule has 0 amide bonds. The molecule has 0 aliphatic carbocycles. The minimum atomic E-state index is -0.801. The number of nitrogens with zero attached hydrogens (tertiary/aromatic N) is 2. The lowest BCUT2D eigenvalue weighted by molar-refractivity contribution is -0.0488. The Bertz CT molecular complexity index is 694. The van der Waals surface area contributed by atoms with Crippen molar-refractivity contribution >= 4 is 17.0 Å². The highest BCUT2D eigenvalue weighted by atomic mass is 16.5. The standard InChI is InChI=1S/C12H16N4O4/c1-5-7(4-17)20-11(8(5)18)16-3-2-6-9(16)14-12(13)15-10(6)19/h2-3,5,7-8,11,17-18H,4H2,1H3,(H3,13,14,15,19)/t5-,7-,8-,11-/m0/s1. The topological polar surface area (TPSA) is 126 Å². The minimum Gasteiger partial charge on any atom is -0.394 e. The summed E-state index contributed by atoms with van der Waals surface area (Å²) in [6.07, 6.45) is -0.336. The van der Waals surface area contributed by atoms with Crippen LogP contribution in [-0.4, -0.2) is 43.6 Å². The fourth-order valence-electron chi connectivity index (χ4n) is 2.57. The Morgan fingerprint density at radius 1 is 1.60 bits per heavy atom. The maximum Gasteiger partial charge on any atom is 0.261 e. The highest BCUT2D eigenvalue weighted by Crippen LogP contribution is 2.34. The van der Waals surface area contributed by atoms with Crippen LogP contribution < -0.4 is 11.3 Å². The second-order valence-electron chi connectivity index (χ2n) is 5.01. The lowest BCUT2D eigenvalue weighted by Gasteiger charge is -2.17. The van der Waals surface area contributed by atoms with Gasteiger partial charge >= 0.3 is 0 Å². The van der Waals surface area contributed by atoms with Gasteiger partial charge in [0.25, 0.3) is 5.56 Å². The molecule has 2 aromatic heterocycles. The Hall–Kier alpha value is -1.90. The molecule has 1 fully saturated rings. The van der Waals surface area contributed by atoms with Crippen LogP contribution in [0.1, 0.15) is 13.2 Å². The Morgan fingerprint density at radius 2 is 2.35 bits per heavy atom. The fraction of sp³-hybridized carbons (Fsp3) is 0.500. The molecule has 20 heavy (non-hydrogen) atoms. The predicted molar refractivity (Wildman–Crippen MR) is 70.9 cm³/mol. The quantitative estimate of drug-likeness (QED) is 0.570. The van der Waals surface area contributed by atoms with Gasteiger partial charge in [-0.2, -0.15) is 4.98 Å². The number of aliphatic hydroxyl groups excluding tert-OH is 2. The molecule has 5 N–H and O–H groups in total. The van der Waals surface area contributed by atoms with Crippen LogP contribution in [-0.2, 0) is 4.74 Å². The first-order valence-corrected chi connectivity index (χ1v) is 6.33. The van der Waals surface area contributed by atoms with Crippen LogP contribution in [0.3, 0.4) is 0 Å². The van der Waals surface area contributed by atoms with Crippen molar-refractivity contribution in [1.29, 1.82) is 0 Å². The Morgan fingerprint density at radius 3 is 3.00 bits per heavy atom. The number of nitrogen functional groups attached to an aromatic ring is 1. The van der Waals surface area contributed by atoms with E-state index in [0.717, 1.165) is 0 Å². The van der Waals surface area contributed by atoms with Crippen LogP contribution in [0.2, 0.25) is 0 Å². The summed E-state index contributed by atoms with van der Waals surface area (Å²) in [4.78, 5) is 18.3. The maximum absolute atomic E-state index is 11.8. The molecule has 3 heterocycles. The van der Waals surface area contributed by atoms with Crippen molar-refractivity contribution in [3.63, 3.8) is 0 Å². The van der Waals surface area contributed by atoms with Crippen LogP contribution in [0.25, 0.3) is 11.0 Å². The predicted octanol–water partition coefficient (Wildman–Crippen LogP) is -0.806. The molecule has 108 valence electrons. The smallest absolute Gasteiger partial charge is 0.261 e. The number of ether oxygens (including phenoxy) is 1. The summed E-state index contributed by atoms with van der Waals surface area (Å²) in [5.41, 5.74) is 5.55. The fourth-order valence-corrected chi connectivity index (χ4v) is 2.57. The first-order chi connectivity index (χ1) is 9.52. The van der Waals surface area contributed by atoms with Crippen LogP contribution in [0.4, 0.5) is 5.95 Å². The largest absolute Gasteiger partial charge is 0.394 e. The lowest BCUT2D eigenvalue weighted by atomic mass is 10.0. The molecule has 0 aromatic carbocycles. The van der Waals surface area contributed by atoms with Gasteiger partial charge in [0.2, 0.25) is 5.95 Å². The van der Waals surface area contributed by atoms with Gasteiger partial charge in [0.05, 0.1) is 18.1 Å². The van der Waals surface area contributed by atoms with E-state index in [2.05, 4.69) is 9.97 Å². The van der Waals surface area contributed by atoms with E-state index in [4.69, 9.17) is 10.5 Å². The lowest BCUT2D eigenvalue weighted by Crippen LogP contribution is -2.25. The highest BCUT2D eigenvalue weighted by molar-refractivity contribution is 5.76. The molecule has 1 saturated heterocycles. The van der Waals surface area contributed by atoms with E-state index in [1.54, 1.807) is 23.8 Å². The molecule has 0 saturated carbocycles. The van der Waals surface area contributed by atoms with E-state index in [9.17, 15) is 15.0 Å². The van der Waals surface area contributed by atoms with E-state index < -0.39 is 18.4 Å². The summed E-state index contributed by atoms with van der Waals surface area (Å²) in [5, 5.41) is 19.8. The number of rotatable bonds is 2. The molecule has 8 nitrogen and oxygen atoms in total. The van der Waals surface area contributed by atoms with Crippen LogP contribution in [0.5, 0.6) is 0 Å². The van der Waals surface area contributed by atoms with Gasteiger partial charge in [-0.25, -0.2) is 0 Å². The molecule has 8 heteroatoms. The van der Waals surface area contributed by atoms with E-state index in [0.29, 0.717) is 11.0 Å². The average Bonchev–Trinajstić information content (AvgIpc) is 2.93. The second-order valence-corrected chi connectivity index (χ2v) is 5.01. The number of aromatic amines is 1. The van der Waals surface area contributed by atoms with Gasteiger partial charge in [-0.15, -0.1) is 0 Å². The maximum atomic E-state index is 11.8. The van der Waals surface area contributed by atoms with Crippen molar-refractivity contribution in [2.24, 2.45) is 5.92 Å². The third kappa shape index (κ3) is 1.80. The number of H-pyrrole nitrogens is 1. The van der Waals surface area contributed by atoms with Gasteiger partial charge < -0.3 is 25.3 Å². The number of hydrogen-bond donors (Lipinski definition) is 4. The van der Waals surface area contributed by atoms with Gasteiger partial charge in [0.1, 0.15) is 6.10 Å². The number of fused-ring (bicyclic) bond motifs is 1. The average molecular weight is 280 g/mol. The van der Waals surface area contributed by atoms with E-state index in [-0.39, 0.29) is 24.0 Å². The van der Waals surface area contributed by atoms with E-state index in [1.165, 1.54) is 0 Å². The molecule has 0 unspecified atom stereocenters. The van der Waals surface area contributed by atoms with Gasteiger partial charge in [-0.3, -0.25) is 9.78 Å². The minimum absolute atomic E-state index is 0.00157. The molecular weight excluding hydrogens is 264 g/mol. The third-order valence-corrected chi connectivity index (χ3v) is 3.79.